The van der Waals surface area contributed by atoms with Gasteiger partial charge in [-0.15, -0.1) is 16.4 Å². The first-order valence-electron chi connectivity index (χ1n) is 11.2. The van der Waals surface area contributed by atoms with Crippen LogP contribution in [-0.2, 0) is 15.8 Å². The van der Waals surface area contributed by atoms with E-state index in [1.165, 1.54) is 41.1 Å². The van der Waals surface area contributed by atoms with Crippen molar-refractivity contribution >= 4 is 79.1 Å². The fourth-order valence-electron chi connectivity index (χ4n) is 3.46. The van der Waals surface area contributed by atoms with E-state index in [0.717, 1.165) is 12.1 Å². The highest BCUT2D eigenvalue weighted by Gasteiger charge is 2.30. The number of benzene rings is 2. The van der Waals surface area contributed by atoms with Crippen molar-refractivity contribution in [1.82, 2.24) is 20.2 Å². The maximum atomic E-state index is 12.9. The fourth-order valence-corrected chi connectivity index (χ4v) is 5.09. The number of amides is 2. The van der Waals surface area contributed by atoms with Gasteiger partial charge in [0.25, 0.3) is 0 Å². The molecule has 0 bridgehead atoms. The molecule has 16 heteroatoms. The minimum Gasteiger partial charge on any atom is -0.438 e. The van der Waals surface area contributed by atoms with Crippen molar-refractivity contribution in [2.75, 3.05) is 16.0 Å². The Balaban J connectivity index is 1.21. The average Bonchev–Trinajstić information content (AvgIpc) is 3.51. The van der Waals surface area contributed by atoms with E-state index in [-0.39, 0.29) is 5.69 Å². The second kappa shape index (κ2) is 11.4. The van der Waals surface area contributed by atoms with Crippen LogP contribution in [0.25, 0.3) is 10.2 Å². The Hall–Kier alpha value is -4.41. The summed E-state index contributed by atoms with van der Waals surface area (Å²) in [6.07, 6.45) is -3.76. The van der Waals surface area contributed by atoms with Gasteiger partial charge < -0.3 is 20.7 Å². The van der Waals surface area contributed by atoms with Gasteiger partial charge in [-0.1, -0.05) is 17.4 Å². The lowest BCUT2D eigenvalue weighted by Gasteiger charge is -2.10. The third-order valence-corrected chi connectivity index (χ3v) is 7.05. The molecular weight excluding hydrogens is 588 g/mol. The summed E-state index contributed by atoms with van der Waals surface area (Å²) in [6, 6.07) is 10.5. The number of halogens is 3. The van der Waals surface area contributed by atoms with E-state index < -0.39 is 30.0 Å². The number of carbonyl (C=O) groups excluding carboxylic acids is 2. The van der Waals surface area contributed by atoms with Crippen LogP contribution in [0.1, 0.15) is 12.0 Å². The van der Waals surface area contributed by atoms with E-state index >= 15 is 0 Å². The highest BCUT2D eigenvalue weighted by molar-refractivity contribution is 7.73. The number of ether oxygens (including phenoxy) is 1. The summed E-state index contributed by atoms with van der Waals surface area (Å²) >= 11 is 7.74. The molecule has 4 N–H and O–H groups in total. The molecule has 0 saturated carbocycles. The molecule has 5 aromatic rings. The predicted molar refractivity (Wildman–Crippen MR) is 148 cm³/mol. The topological polar surface area (TPSA) is 134 Å². The van der Waals surface area contributed by atoms with Crippen LogP contribution >= 0.6 is 34.9 Å². The summed E-state index contributed by atoms with van der Waals surface area (Å²) in [5, 5.41) is 17.9. The van der Waals surface area contributed by atoms with E-state index in [4.69, 9.17) is 17.0 Å². The lowest BCUT2D eigenvalue weighted by molar-refractivity contribution is -0.137. The molecular formula is C24H16F3N7O3S3. The number of alkyl halides is 3. The van der Waals surface area contributed by atoms with Crippen LogP contribution in [0.15, 0.2) is 60.2 Å². The summed E-state index contributed by atoms with van der Waals surface area (Å²) in [7, 11) is 0. The van der Waals surface area contributed by atoms with Crippen molar-refractivity contribution in [3.05, 3.63) is 69.8 Å². The van der Waals surface area contributed by atoms with E-state index in [0.29, 0.717) is 42.3 Å². The van der Waals surface area contributed by atoms with Gasteiger partial charge in [0.05, 0.1) is 16.6 Å². The molecule has 3 aromatic heterocycles. The predicted octanol–water partition coefficient (Wildman–Crippen LogP) is 6.73. The molecule has 10 nitrogen and oxygen atoms in total. The summed E-state index contributed by atoms with van der Waals surface area (Å²) in [6.45, 7) is 0. The maximum absolute atomic E-state index is 12.9. The number of anilines is 4. The third kappa shape index (κ3) is 6.59. The number of carbonyl (C=O) groups is 2. The van der Waals surface area contributed by atoms with Gasteiger partial charge in [-0.3, -0.25) is 14.7 Å². The Kier molecular flexibility index (Phi) is 7.72. The van der Waals surface area contributed by atoms with Gasteiger partial charge in [0.15, 0.2) is 3.95 Å². The van der Waals surface area contributed by atoms with Gasteiger partial charge in [0.2, 0.25) is 22.8 Å². The van der Waals surface area contributed by atoms with Crippen LogP contribution in [-0.4, -0.2) is 32.0 Å². The first-order chi connectivity index (χ1) is 19.1. The zero-order chi connectivity index (χ0) is 28.3. The minimum atomic E-state index is -4.55. The average molecular weight is 604 g/mol. The number of hydrogen-bond acceptors (Lipinski definition) is 10. The monoisotopic (exact) mass is 603 g/mol. The van der Waals surface area contributed by atoms with Gasteiger partial charge >= 0.3 is 6.18 Å². The number of rotatable bonds is 8. The molecule has 0 fully saturated rings. The molecule has 0 radical (unpaired) electrons. The number of nitrogens with one attached hydrogen (secondary N) is 4. The lowest BCUT2D eigenvalue weighted by Crippen LogP contribution is -2.21. The maximum Gasteiger partial charge on any atom is 0.416 e. The van der Waals surface area contributed by atoms with Gasteiger partial charge in [-0.05, 0) is 54.7 Å². The summed E-state index contributed by atoms with van der Waals surface area (Å²) < 4.78 is 45.1. The molecule has 0 aliphatic carbocycles. The Morgan fingerprint density at radius 3 is 2.48 bits per heavy atom. The standard InChI is InChI=1S/C24H16F3N7O3S3/c25-24(26,27)12-2-1-3-14(8-12)31-18(36)9-17(35)30-13-4-6-15(7-5-13)37-20-19-16(10-39-21(19)29-11-28-20)32-22-33-34-23(38)40-22/h1-8,10-11H,9H2,(H,30,35)(H,31,36)(H,32,33)(H,34,38). The smallest absolute Gasteiger partial charge is 0.416 e. The van der Waals surface area contributed by atoms with Gasteiger partial charge in [0.1, 0.15) is 23.3 Å². The van der Waals surface area contributed by atoms with Gasteiger partial charge in [-0.25, -0.2) is 9.97 Å². The molecule has 2 amide bonds. The highest BCUT2D eigenvalue weighted by Crippen LogP contribution is 2.38. The molecule has 0 saturated heterocycles. The van der Waals surface area contributed by atoms with Crippen molar-refractivity contribution in [1.29, 1.82) is 0 Å². The van der Waals surface area contributed by atoms with Crippen LogP contribution < -0.4 is 20.7 Å². The number of hydrogen-bond donors (Lipinski definition) is 4. The van der Waals surface area contributed by atoms with Crippen LogP contribution in [0.4, 0.5) is 35.4 Å². The van der Waals surface area contributed by atoms with Gasteiger partial charge in [0, 0.05) is 16.8 Å². The molecule has 2 aromatic carbocycles. The molecule has 0 atom stereocenters. The van der Waals surface area contributed by atoms with E-state index in [2.05, 4.69) is 36.1 Å². The fraction of sp³-hybridized carbons (Fsp3) is 0.0833. The molecule has 0 spiro atoms. The number of fused-ring (bicyclic) bond motifs is 1. The quantitative estimate of drug-likeness (QED) is 0.113. The Morgan fingerprint density at radius 2 is 1.77 bits per heavy atom. The number of aromatic amines is 1. The van der Waals surface area contributed by atoms with E-state index in [1.54, 1.807) is 24.3 Å². The second-order valence-corrected chi connectivity index (χ2v) is 10.6. The SMILES string of the molecule is O=C(CC(=O)Nc1cccc(C(F)(F)F)c1)Nc1ccc(Oc2ncnc3scc(Nc4n[nH]c(=S)s4)c23)cc1. The van der Waals surface area contributed by atoms with E-state index in [1.807, 2.05) is 5.38 Å². The largest absolute Gasteiger partial charge is 0.438 e. The Bertz CT molecular complexity index is 1750. The van der Waals surface area contributed by atoms with E-state index in [9.17, 15) is 22.8 Å². The zero-order valence-electron chi connectivity index (χ0n) is 19.9. The molecule has 204 valence electrons. The zero-order valence-corrected chi connectivity index (χ0v) is 22.4. The third-order valence-electron chi connectivity index (χ3n) is 5.16. The number of H-pyrrole nitrogens is 1. The second-order valence-electron chi connectivity index (χ2n) is 8.03. The first-order valence-corrected chi connectivity index (χ1v) is 13.3. The highest BCUT2D eigenvalue weighted by atomic mass is 32.1. The van der Waals surface area contributed by atoms with Crippen LogP contribution in [0.2, 0.25) is 0 Å². The lowest BCUT2D eigenvalue weighted by atomic mass is 10.2. The van der Waals surface area contributed by atoms with Crippen LogP contribution in [0.5, 0.6) is 11.6 Å². The van der Waals surface area contributed by atoms with Gasteiger partial charge in [-0.2, -0.15) is 13.2 Å². The molecule has 3 heterocycles. The van der Waals surface area contributed by atoms with Crippen molar-refractivity contribution in [2.45, 2.75) is 12.6 Å². The normalized spacial score (nSPS) is 11.3. The van der Waals surface area contributed by atoms with Crippen molar-refractivity contribution in [3.63, 3.8) is 0 Å². The Morgan fingerprint density at radius 1 is 1.02 bits per heavy atom. The molecule has 0 aliphatic rings. The number of aromatic nitrogens is 4. The molecule has 0 unspecified atom stereocenters. The number of nitrogens with zero attached hydrogens (tertiary/aromatic N) is 3. The molecule has 5 rings (SSSR count). The van der Waals surface area contributed by atoms with Crippen molar-refractivity contribution < 1.29 is 27.5 Å². The molecule has 40 heavy (non-hydrogen) atoms. The first kappa shape index (κ1) is 27.2. The minimum absolute atomic E-state index is 0.0629. The summed E-state index contributed by atoms with van der Waals surface area (Å²) in [4.78, 5) is 33.7. The molecule has 0 aliphatic heterocycles. The Labute approximate surface area is 236 Å². The summed E-state index contributed by atoms with van der Waals surface area (Å²) in [5.74, 6) is -0.681. The van der Waals surface area contributed by atoms with Crippen LogP contribution in [0.3, 0.4) is 0 Å². The number of thiophene rings is 1. The van der Waals surface area contributed by atoms with Crippen molar-refractivity contribution in [2.24, 2.45) is 0 Å². The van der Waals surface area contributed by atoms with Crippen LogP contribution in [0, 0.1) is 3.95 Å². The van der Waals surface area contributed by atoms with Crippen molar-refractivity contribution in [3.8, 4) is 11.6 Å². The summed E-state index contributed by atoms with van der Waals surface area (Å²) in [5.41, 5.74) is 0.109.